The fourth-order valence-corrected chi connectivity index (χ4v) is 9.94. The Bertz CT molecular complexity index is 3040. The summed E-state index contributed by atoms with van der Waals surface area (Å²) in [7, 11) is 0. The van der Waals surface area contributed by atoms with E-state index in [1.165, 1.54) is 12.1 Å². The van der Waals surface area contributed by atoms with Gasteiger partial charge in [0.15, 0.2) is 17.4 Å². The van der Waals surface area contributed by atoms with Crippen molar-refractivity contribution >= 4 is 87.0 Å². The van der Waals surface area contributed by atoms with Gasteiger partial charge in [-0.25, -0.2) is 13.2 Å². The monoisotopic (exact) mass is 1250 g/mol. The van der Waals surface area contributed by atoms with Crippen LogP contribution in [0.3, 0.4) is 0 Å². The number of hydrogen-bond donors (Lipinski definition) is 5. The smallest absolute Gasteiger partial charge is 0.262 e. The fourth-order valence-electron chi connectivity index (χ4n) is 9.49. The van der Waals surface area contributed by atoms with Crippen LogP contribution in [0, 0.1) is 21.0 Å². The van der Waals surface area contributed by atoms with Crippen LogP contribution in [-0.2, 0) is 55.7 Å². The van der Waals surface area contributed by atoms with Crippen LogP contribution in [-0.4, -0.2) is 161 Å². The van der Waals surface area contributed by atoms with E-state index in [4.69, 9.17) is 29.4 Å². The number of benzene rings is 4. The summed E-state index contributed by atoms with van der Waals surface area (Å²) in [6, 6.07) is 14.4. The van der Waals surface area contributed by atoms with Crippen LogP contribution < -0.4 is 27.0 Å². The summed E-state index contributed by atoms with van der Waals surface area (Å²) >= 11 is 1.92. The molecule has 2 fully saturated rings. The lowest BCUT2D eigenvalue weighted by Gasteiger charge is -2.27. The highest BCUT2D eigenvalue weighted by atomic mass is 127. The Morgan fingerprint density at radius 3 is 1.65 bits per heavy atom. The molecule has 8 amide bonds. The molecule has 2 unspecified atom stereocenters. The molecule has 0 saturated carbocycles. The third kappa shape index (κ3) is 16.2. The van der Waals surface area contributed by atoms with Gasteiger partial charge in [0.05, 0.1) is 73.3 Å². The van der Waals surface area contributed by atoms with Crippen LogP contribution in [0.15, 0.2) is 66.7 Å². The Kier molecular flexibility index (Phi) is 23.7. The number of nitrogens with two attached hydrogens (primary N) is 1. The molecule has 0 aliphatic carbocycles. The molecule has 21 nitrogen and oxygen atoms in total. The lowest BCUT2D eigenvalue weighted by atomic mass is 9.99. The van der Waals surface area contributed by atoms with Gasteiger partial charge in [-0.1, -0.05) is 24.3 Å². The number of amides is 8. The predicted molar refractivity (Wildman–Crippen MR) is 297 cm³/mol. The van der Waals surface area contributed by atoms with E-state index < -0.39 is 88.3 Å². The normalized spacial score (nSPS) is 16.7. The van der Waals surface area contributed by atoms with Crippen LogP contribution in [0.4, 0.5) is 24.5 Å². The van der Waals surface area contributed by atoms with Crippen molar-refractivity contribution in [1.29, 1.82) is 0 Å². The van der Waals surface area contributed by atoms with Crippen molar-refractivity contribution < 1.29 is 80.0 Å². The van der Waals surface area contributed by atoms with E-state index >= 15 is 0 Å². The Balaban J connectivity index is 0.000000281. The molecule has 6 N–H and O–H groups in total. The van der Waals surface area contributed by atoms with E-state index in [-0.39, 0.29) is 55.7 Å². The van der Waals surface area contributed by atoms with Gasteiger partial charge in [-0.15, -0.1) is 0 Å². The maximum absolute atomic E-state index is 14.6. The minimum absolute atomic E-state index is 0.0589. The van der Waals surface area contributed by atoms with E-state index in [1.807, 2.05) is 28.7 Å². The molecule has 0 aromatic heterocycles. The van der Waals surface area contributed by atoms with E-state index in [1.54, 1.807) is 36.4 Å². The maximum Gasteiger partial charge on any atom is 0.262 e. The first-order chi connectivity index (χ1) is 39.6. The number of Topliss-reactive ketones (excluding diaryl/α,β-unsaturated/α-hetero) is 1. The molecule has 25 heteroatoms. The Morgan fingerprint density at radius 1 is 0.598 bits per heavy atom. The molecule has 2 atom stereocenters. The lowest BCUT2D eigenvalue weighted by molar-refractivity contribution is -0.137. The standard InChI is InChI=1S/C37H38F3IN4O8.C20H25N3O6/c38-26-9-8-24(34(33(26)40)43-28-10-7-23(41)20-27(28)39)30(46)21-53-16-3-13-42-14-17-52-19-18-51-15-2-5-22-4-1-6-25-32(22)37(50)45(36(25)49)29-11-12-31(47)44-35(29)48;21-8-10-29-12-11-28-9-2-4-13-3-1-5-14-17(13)20(27)23(19(14)26)15-6-7-16(24)22-18(15)25/h1,4,6-10,20,29,42-43H,2-3,5,11-19,21H2,(H,44,47,48);1,3,5,15H,2,4,6-12,21H2,(H,22,24,25). The zero-order valence-corrected chi connectivity index (χ0v) is 46.9. The summed E-state index contributed by atoms with van der Waals surface area (Å²) < 4.78 is 70.9. The third-order valence-corrected chi connectivity index (χ3v) is 14.1. The van der Waals surface area contributed by atoms with Crippen LogP contribution in [0.5, 0.6) is 0 Å². The fraction of sp³-hybridized carbons (Fsp3) is 0.421. The topological polar surface area (TPSA) is 280 Å². The van der Waals surface area contributed by atoms with Gasteiger partial charge in [0, 0.05) is 54.9 Å². The molecular formula is C57H63F3IN7O14. The summed E-state index contributed by atoms with van der Waals surface area (Å²) in [5.41, 5.74) is 7.25. The number of carbonyl (C=O) groups is 9. The van der Waals surface area contributed by atoms with Gasteiger partial charge in [-0.2, -0.15) is 0 Å². The molecule has 2 saturated heterocycles. The number of carbonyl (C=O) groups excluding carboxylic acids is 9. The molecular weight excluding hydrogens is 1190 g/mol. The van der Waals surface area contributed by atoms with E-state index in [0.717, 1.165) is 27.5 Å². The Labute approximate surface area is 483 Å². The minimum Gasteiger partial charge on any atom is -0.379 e. The molecule has 8 rings (SSSR count). The molecule has 0 spiro atoms. The maximum atomic E-state index is 14.6. The summed E-state index contributed by atoms with van der Waals surface area (Å²) in [5.74, 6) is -7.84. The van der Waals surface area contributed by atoms with E-state index in [0.29, 0.717) is 130 Å². The van der Waals surface area contributed by atoms with Crippen molar-refractivity contribution in [1.82, 2.24) is 25.8 Å². The van der Waals surface area contributed by atoms with Gasteiger partial charge in [0.2, 0.25) is 23.6 Å². The van der Waals surface area contributed by atoms with Crippen molar-refractivity contribution in [3.8, 4) is 0 Å². The van der Waals surface area contributed by atoms with Crippen molar-refractivity contribution in [2.45, 2.75) is 69.9 Å². The van der Waals surface area contributed by atoms with Gasteiger partial charge in [0.25, 0.3) is 23.6 Å². The number of imide groups is 4. The van der Waals surface area contributed by atoms with Crippen molar-refractivity contribution in [3.05, 3.63) is 127 Å². The highest BCUT2D eigenvalue weighted by molar-refractivity contribution is 14.1. The third-order valence-electron chi connectivity index (χ3n) is 13.5. The van der Waals surface area contributed by atoms with Crippen molar-refractivity contribution in [2.24, 2.45) is 5.73 Å². The predicted octanol–water partition coefficient (Wildman–Crippen LogP) is 4.71. The summed E-state index contributed by atoms with van der Waals surface area (Å²) in [5, 5.41) is 10.1. The second-order valence-electron chi connectivity index (χ2n) is 19.1. The Hall–Kier alpha value is -6.85. The lowest BCUT2D eigenvalue weighted by Crippen LogP contribution is -2.54. The summed E-state index contributed by atoms with van der Waals surface area (Å²) in [6.45, 7) is 5.02. The largest absolute Gasteiger partial charge is 0.379 e. The number of rotatable bonds is 30. The van der Waals surface area contributed by atoms with Gasteiger partial charge in [-0.05, 0) is 128 Å². The van der Waals surface area contributed by atoms with Crippen LogP contribution in [0.25, 0.3) is 0 Å². The van der Waals surface area contributed by atoms with Crippen molar-refractivity contribution in [3.63, 3.8) is 0 Å². The second kappa shape index (κ2) is 31.0. The van der Waals surface area contributed by atoms with Gasteiger partial charge < -0.3 is 40.1 Å². The van der Waals surface area contributed by atoms with E-state index in [2.05, 4.69) is 21.3 Å². The molecule has 4 aromatic rings. The summed E-state index contributed by atoms with van der Waals surface area (Å²) in [6.07, 6.45) is 3.30. The molecule has 0 radical (unpaired) electrons. The molecule has 4 aromatic carbocycles. The number of nitrogens with one attached hydrogen (secondary N) is 4. The highest BCUT2D eigenvalue weighted by Crippen LogP contribution is 2.33. The molecule has 4 aliphatic heterocycles. The van der Waals surface area contributed by atoms with Crippen molar-refractivity contribution in [2.75, 3.05) is 91.0 Å². The molecule has 4 aliphatic rings. The molecule has 82 heavy (non-hydrogen) atoms. The number of halogens is 4. The SMILES string of the molecule is NCCOCCOCCCc1cccc2c1C(=O)N(C1CCC(=O)NC1=O)C2=O.O=C1CCC(N2C(=O)c3cccc(CCCOCCOCCNCCCOCC(=O)c4ccc(F)c(F)c4Nc4ccc(I)cc4F)c3C2=O)C(=O)N1. The first-order valence-electron chi connectivity index (χ1n) is 26.8. The number of ketones is 1. The quantitative estimate of drug-likeness (QED) is 0.0205. The van der Waals surface area contributed by atoms with Gasteiger partial charge >= 0.3 is 0 Å². The number of piperidine rings is 2. The number of ether oxygens (including phenoxy) is 5. The number of anilines is 2. The number of nitrogens with zero attached hydrogens (tertiary/aromatic N) is 2. The molecule has 0 bridgehead atoms. The average Bonchev–Trinajstić information content (AvgIpc) is 4.11. The van der Waals surface area contributed by atoms with Gasteiger partial charge in [0.1, 0.15) is 24.5 Å². The first-order valence-corrected chi connectivity index (χ1v) is 27.9. The summed E-state index contributed by atoms with van der Waals surface area (Å²) in [4.78, 5) is 114. The second-order valence-corrected chi connectivity index (χ2v) is 20.4. The van der Waals surface area contributed by atoms with Crippen LogP contribution in [0.1, 0.15) is 108 Å². The van der Waals surface area contributed by atoms with Crippen LogP contribution in [0.2, 0.25) is 0 Å². The average molecular weight is 1250 g/mol. The first kappa shape index (κ1) is 62.7. The number of fused-ring (bicyclic) bond motifs is 2. The van der Waals surface area contributed by atoms with Gasteiger partial charge in [-0.3, -0.25) is 63.6 Å². The van der Waals surface area contributed by atoms with Crippen LogP contribution >= 0.6 is 22.6 Å². The number of aryl methyl sites for hydroxylation is 2. The zero-order valence-electron chi connectivity index (χ0n) is 44.8. The zero-order chi connectivity index (χ0) is 58.7. The number of hydrogen-bond acceptors (Lipinski definition) is 17. The molecule has 438 valence electrons. The Morgan fingerprint density at radius 2 is 1.12 bits per heavy atom. The molecule has 4 heterocycles. The minimum atomic E-state index is -1.29. The highest BCUT2D eigenvalue weighted by Gasteiger charge is 2.47. The van der Waals surface area contributed by atoms with E-state index in [9.17, 15) is 56.3 Å².